The van der Waals surface area contributed by atoms with Crippen molar-refractivity contribution in [2.75, 3.05) is 26.2 Å². The second kappa shape index (κ2) is 8.05. The van der Waals surface area contributed by atoms with Gasteiger partial charge in [0.1, 0.15) is 5.69 Å². The third-order valence-electron chi connectivity index (χ3n) is 4.17. The molecule has 1 aliphatic heterocycles. The zero-order valence-electron chi connectivity index (χ0n) is 13.8. The number of hydrogen-bond donors (Lipinski definition) is 2. The molecule has 0 bridgehead atoms. The molecule has 1 aliphatic rings. The largest absolute Gasteiger partial charge is 0.350 e. The van der Waals surface area contributed by atoms with E-state index < -0.39 is 10.8 Å². The number of nitrogens with one attached hydrogen (secondary N) is 2. The highest BCUT2D eigenvalue weighted by Crippen LogP contribution is 2.22. The number of rotatable bonds is 8. The van der Waals surface area contributed by atoms with Crippen molar-refractivity contribution in [3.05, 3.63) is 21.5 Å². The summed E-state index contributed by atoms with van der Waals surface area (Å²) in [4.78, 5) is 25.3. The van der Waals surface area contributed by atoms with Gasteiger partial charge in [-0.05, 0) is 38.3 Å². The highest BCUT2D eigenvalue weighted by Gasteiger charge is 2.29. The van der Waals surface area contributed by atoms with Crippen molar-refractivity contribution >= 4 is 11.6 Å². The molecule has 0 spiro atoms. The molecule has 128 valence electrons. The summed E-state index contributed by atoms with van der Waals surface area (Å²) in [6, 6.07) is 0. The van der Waals surface area contributed by atoms with Gasteiger partial charge in [0.05, 0.1) is 4.92 Å². The smallest absolute Gasteiger partial charge is 0.322 e. The van der Waals surface area contributed by atoms with Crippen LogP contribution >= 0.6 is 0 Å². The summed E-state index contributed by atoms with van der Waals surface area (Å²) in [7, 11) is 0. The van der Waals surface area contributed by atoms with Gasteiger partial charge in [-0.2, -0.15) is 5.10 Å². The van der Waals surface area contributed by atoms with Gasteiger partial charge in [0.2, 0.25) is 5.69 Å². The van der Waals surface area contributed by atoms with Gasteiger partial charge in [0, 0.05) is 13.1 Å². The van der Waals surface area contributed by atoms with Gasteiger partial charge >= 0.3 is 5.69 Å². The van der Waals surface area contributed by atoms with E-state index in [4.69, 9.17) is 0 Å². The molecule has 1 amide bonds. The summed E-state index contributed by atoms with van der Waals surface area (Å²) in [5, 5.41) is 20.5. The number of nitrogens with zero attached hydrogens (tertiary/aromatic N) is 3. The van der Waals surface area contributed by atoms with Crippen LogP contribution in [0.2, 0.25) is 0 Å². The van der Waals surface area contributed by atoms with Crippen LogP contribution in [0.3, 0.4) is 0 Å². The summed E-state index contributed by atoms with van der Waals surface area (Å²) < 4.78 is 0. The fourth-order valence-electron chi connectivity index (χ4n) is 3.07. The van der Waals surface area contributed by atoms with Crippen LogP contribution in [-0.4, -0.2) is 52.1 Å². The van der Waals surface area contributed by atoms with E-state index in [0.717, 1.165) is 38.9 Å². The third kappa shape index (κ3) is 4.28. The van der Waals surface area contributed by atoms with Gasteiger partial charge in [-0.3, -0.25) is 20.0 Å². The number of carbonyl (C=O) groups is 1. The van der Waals surface area contributed by atoms with E-state index in [1.165, 1.54) is 0 Å². The molecule has 1 fully saturated rings. The zero-order valence-corrected chi connectivity index (χ0v) is 13.8. The second-order valence-electron chi connectivity index (χ2n) is 6.07. The number of aromatic amines is 1. The number of nitro groups is 1. The Bertz CT molecular complexity index is 557. The maximum Gasteiger partial charge on any atom is 0.322 e. The molecule has 2 rings (SSSR count). The van der Waals surface area contributed by atoms with Gasteiger partial charge in [0.15, 0.2) is 0 Å². The molecule has 23 heavy (non-hydrogen) atoms. The lowest BCUT2D eigenvalue weighted by Gasteiger charge is -2.14. The Morgan fingerprint density at radius 3 is 2.91 bits per heavy atom. The number of likely N-dealkylation sites (tertiary alicyclic amines) is 1. The monoisotopic (exact) mass is 323 g/mol. The van der Waals surface area contributed by atoms with Crippen molar-refractivity contribution in [1.82, 2.24) is 20.4 Å². The topological polar surface area (TPSA) is 104 Å². The maximum absolute atomic E-state index is 12.2. The number of amides is 1. The Balaban J connectivity index is 1.95. The van der Waals surface area contributed by atoms with Crippen LogP contribution < -0.4 is 5.32 Å². The van der Waals surface area contributed by atoms with Crippen molar-refractivity contribution < 1.29 is 9.72 Å². The number of hydrogen-bond acceptors (Lipinski definition) is 5. The summed E-state index contributed by atoms with van der Waals surface area (Å²) in [5.41, 5.74) is 0.114. The molecular formula is C15H25N5O3. The highest BCUT2D eigenvalue weighted by atomic mass is 16.6. The van der Waals surface area contributed by atoms with Gasteiger partial charge in [-0.15, -0.1) is 0 Å². The lowest BCUT2D eigenvalue weighted by Crippen LogP contribution is -2.31. The minimum atomic E-state index is -0.526. The first-order valence-electron chi connectivity index (χ1n) is 8.28. The number of H-pyrrole nitrogens is 1. The van der Waals surface area contributed by atoms with Crippen LogP contribution in [0.25, 0.3) is 0 Å². The number of aryl methyl sites for hydroxylation is 1. The van der Waals surface area contributed by atoms with Crippen LogP contribution in [-0.2, 0) is 6.42 Å². The van der Waals surface area contributed by atoms with Gasteiger partial charge in [0.25, 0.3) is 5.91 Å². The molecule has 8 nitrogen and oxygen atoms in total. The number of carbonyl (C=O) groups excluding carboxylic acids is 1. The van der Waals surface area contributed by atoms with Crippen molar-refractivity contribution in [3.8, 4) is 0 Å². The van der Waals surface area contributed by atoms with Gasteiger partial charge < -0.3 is 10.2 Å². The van der Waals surface area contributed by atoms with Crippen molar-refractivity contribution in [1.29, 1.82) is 0 Å². The minimum Gasteiger partial charge on any atom is -0.350 e. The molecule has 0 saturated carbocycles. The lowest BCUT2D eigenvalue weighted by atomic mass is 10.1. The normalized spacial score (nSPS) is 18.3. The molecule has 8 heteroatoms. The van der Waals surface area contributed by atoms with E-state index in [1.807, 2.05) is 6.92 Å². The first-order valence-corrected chi connectivity index (χ1v) is 8.28. The first-order chi connectivity index (χ1) is 11.1. The van der Waals surface area contributed by atoms with Gasteiger partial charge in [-0.25, -0.2) is 0 Å². The summed E-state index contributed by atoms with van der Waals surface area (Å²) in [6.07, 6.45) is 3.42. The molecule has 0 aromatic carbocycles. The standard InChI is InChI=1S/C15H25N5O3/c1-3-5-12-14(20(22)23)13(18-17-12)15(21)16-9-11-6-8-19(10-11)7-4-2/h11H,3-10H2,1-2H3,(H,16,21)(H,17,18)/t11-/m0/s1. The summed E-state index contributed by atoms with van der Waals surface area (Å²) in [5.74, 6) is -0.0668. The Morgan fingerprint density at radius 1 is 1.48 bits per heavy atom. The SMILES string of the molecule is CCCc1[nH]nc(C(=O)NC[C@@H]2CCN(CCC)C2)c1[N+](=O)[O-]. The predicted octanol–water partition coefficient (Wildman–Crippen LogP) is 1.73. The Hall–Kier alpha value is -1.96. The Morgan fingerprint density at radius 2 is 2.26 bits per heavy atom. The predicted molar refractivity (Wildman–Crippen MR) is 86.4 cm³/mol. The molecule has 0 unspecified atom stereocenters. The van der Waals surface area contributed by atoms with Crippen LogP contribution in [0.5, 0.6) is 0 Å². The Kier molecular flexibility index (Phi) is 6.09. The average molecular weight is 323 g/mol. The number of aromatic nitrogens is 2. The lowest BCUT2D eigenvalue weighted by molar-refractivity contribution is -0.385. The molecule has 0 radical (unpaired) electrons. The third-order valence-corrected chi connectivity index (χ3v) is 4.17. The maximum atomic E-state index is 12.2. The van der Waals surface area contributed by atoms with E-state index in [1.54, 1.807) is 0 Å². The molecule has 1 aromatic heterocycles. The fourth-order valence-corrected chi connectivity index (χ4v) is 3.07. The van der Waals surface area contributed by atoms with Gasteiger partial charge in [-0.1, -0.05) is 20.3 Å². The molecule has 0 aliphatic carbocycles. The molecule has 2 N–H and O–H groups in total. The fraction of sp³-hybridized carbons (Fsp3) is 0.733. The molecule has 1 aromatic rings. The molecule has 1 saturated heterocycles. The van der Waals surface area contributed by atoms with Crippen LogP contribution in [0.4, 0.5) is 5.69 Å². The quantitative estimate of drug-likeness (QED) is 0.560. The molecule has 2 heterocycles. The van der Waals surface area contributed by atoms with Crippen molar-refractivity contribution in [3.63, 3.8) is 0 Å². The van der Waals surface area contributed by atoms with E-state index in [-0.39, 0.29) is 11.4 Å². The summed E-state index contributed by atoms with van der Waals surface area (Å²) in [6.45, 7) is 7.71. The second-order valence-corrected chi connectivity index (χ2v) is 6.07. The van der Waals surface area contributed by atoms with Crippen LogP contribution in [0.15, 0.2) is 0 Å². The van der Waals surface area contributed by atoms with E-state index in [2.05, 4.69) is 27.3 Å². The Labute approximate surface area is 135 Å². The van der Waals surface area contributed by atoms with Crippen molar-refractivity contribution in [2.45, 2.75) is 39.5 Å². The zero-order chi connectivity index (χ0) is 16.8. The van der Waals surface area contributed by atoms with Crippen LogP contribution in [0, 0.1) is 16.0 Å². The first kappa shape index (κ1) is 17.4. The highest BCUT2D eigenvalue weighted by molar-refractivity contribution is 5.96. The molecule has 1 atom stereocenters. The van der Waals surface area contributed by atoms with Crippen molar-refractivity contribution in [2.24, 2.45) is 5.92 Å². The molecular weight excluding hydrogens is 298 g/mol. The summed E-state index contributed by atoms with van der Waals surface area (Å²) >= 11 is 0. The minimum absolute atomic E-state index is 0.109. The van der Waals surface area contributed by atoms with E-state index >= 15 is 0 Å². The van der Waals surface area contributed by atoms with Crippen LogP contribution in [0.1, 0.15) is 49.3 Å². The van der Waals surface area contributed by atoms with E-state index in [0.29, 0.717) is 24.6 Å². The van der Waals surface area contributed by atoms with E-state index in [9.17, 15) is 14.9 Å². The average Bonchev–Trinajstić information content (AvgIpc) is 3.12.